The van der Waals surface area contributed by atoms with Crippen molar-refractivity contribution < 1.29 is 0 Å². The van der Waals surface area contributed by atoms with E-state index >= 15 is 0 Å². The van der Waals surface area contributed by atoms with E-state index in [1.807, 2.05) is 11.3 Å². The van der Waals surface area contributed by atoms with Gasteiger partial charge in [-0.3, -0.25) is 0 Å². The van der Waals surface area contributed by atoms with Gasteiger partial charge in [-0.25, -0.2) is 0 Å². The zero-order valence-electron chi connectivity index (χ0n) is 13.4. The minimum atomic E-state index is 0.411. The highest BCUT2D eigenvalue weighted by Crippen LogP contribution is 2.27. The van der Waals surface area contributed by atoms with Gasteiger partial charge in [0.25, 0.3) is 0 Å². The Kier molecular flexibility index (Phi) is 7.09. The maximum atomic E-state index is 3.71. The molecule has 1 N–H and O–H groups in total. The van der Waals surface area contributed by atoms with Gasteiger partial charge in [0.15, 0.2) is 0 Å². The van der Waals surface area contributed by atoms with Crippen molar-refractivity contribution in [3.63, 3.8) is 0 Å². The van der Waals surface area contributed by atoms with Crippen LogP contribution in [-0.4, -0.2) is 6.54 Å². The molecule has 0 aromatic carbocycles. The van der Waals surface area contributed by atoms with Crippen LogP contribution >= 0.6 is 11.3 Å². The Bertz CT molecular complexity index is 354. The molecule has 1 nitrogen and oxygen atoms in total. The number of hydrogen-bond donors (Lipinski definition) is 1. The Hall–Kier alpha value is -0.340. The highest BCUT2D eigenvalue weighted by atomic mass is 32.1. The minimum Gasteiger partial charge on any atom is -0.309 e. The number of rotatable bonds is 9. The predicted octanol–water partition coefficient (Wildman–Crippen LogP) is 5.57. The first-order valence-corrected chi connectivity index (χ1v) is 8.62. The minimum absolute atomic E-state index is 0.411. The van der Waals surface area contributed by atoms with Crippen molar-refractivity contribution >= 4 is 11.3 Å². The first-order chi connectivity index (χ1) is 8.98. The maximum Gasteiger partial charge on any atom is 0.0386 e. The highest BCUT2D eigenvalue weighted by Gasteiger charge is 2.18. The molecule has 0 aliphatic heterocycles. The van der Waals surface area contributed by atoms with Crippen LogP contribution in [0.4, 0.5) is 0 Å². The van der Waals surface area contributed by atoms with Crippen LogP contribution in [0.15, 0.2) is 12.1 Å². The van der Waals surface area contributed by atoms with Gasteiger partial charge in [0, 0.05) is 22.3 Å². The van der Waals surface area contributed by atoms with Crippen LogP contribution in [0.1, 0.15) is 76.1 Å². The summed E-state index contributed by atoms with van der Waals surface area (Å²) in [7, 11) is 0. The molecule has 0 amide bonds. The molecular formula is C17H31NS. The number of nitrogens with one attached hydrogen (secondary N) is 1. The Balaban J connectivity index is 2.37. The number of hydrogen-bond acceptors (Lipinski definition) is 2. The van der Waals surface area contributed by atoms with E-state index in [0.717, 1.165) is 13.0 Å². The molecular weight excluding hydrogens is 250 g/mol. The summed E-state index contributed by atoms with van der Waals surface area (Å²) in [6.45, 7) is 12.7. The molecule has 1 aromatic heterocycles. The van der Waals surface area contributed by atoms with Crippen LogP contribution in [0.3, 0.4) is 0 Å². The monoisotopic (exact) mass is 281 g/mol. The van der Waals surface area contributed by atoms with Gasteiger partial charge in [0.2, 0.25) is 0 Å². The van der Waals surface area contributed by atoms with Crippen LogP contribution in [0, 0.1) is 5.41 Å². The van der Waals surface area contributed by atoms with E-state index in [-0.39, 0.29) is 0 Å². The van der Waals surface area contributed by atoms with Crippen molar-refractivity contribution in [3.8, 4) is 0 Å². The molecule has 19 heavy (non-hydrogen) atoms. The van der Waals surface area contributed by atoms with E-state index in [1.165, 1.54) is 35.4 Å². The Morgan fingerprint density at radius 2 is 1.95 bits per heavy atom. The van der Waals surface area contributed by atoms with E-state index in [2.05, 4.69) is 52.1 Å². The van der Waals surface area contributed by atoms with Crippen molar-refractivity contribution in [1.29, 1.82) is 0 Å². The van der Waals surface area contributed by atoms with Gasteiger partial charge in [-0.05, 0) is 37.3 Å². The molecule has 1 aromatic rings. The maximum absolute atomic E-state index is 3.71. The third-order valence-corrected chi connectivity index (χ3v) is 5.21. The fraction of sp³-hybridized carbons (Fsp3) is 0.765. The number of thiophene rings is 1. The SMILES string of the molecule is CCCCCC(C)(C)CNC(C)c1ccc(CC)s1. The molecule has 2 heteroatoms. The third-order valence-electron chi connectivity index (χ3n) is 3.80. The summed E-state index contributed by atoms with van der Waals surface area (Å²) in [6, 6.07) is 5.03. The van der Waals surface area contributed by atoms with Gasteiger partial charge in [0.05, 0.1) is 0 Å². The van der Waals surface area contributed by atoms with Crippen LogP contribution < -0.4 is 5.32 Å². The molecule has 1 unspecified atom stereocenters. The molecule has 0 radical (unpaired) electrons. The molecule has 110 valence electrons. The molecule has 0 fully saturated rings. The van der Waals surface area contributed by atoms with Gasteiger partial charge >= 0.3 is 0 Å². The van der Waals surface area contributed by atoms with Crippen molar-refractivity contribution in [3.05, 3.63) is 21.9 Å². The average molecular weight is 282 g/mol. The zero-order valence-corrected chi connectivity index (χ0v) is 14.2. The van der Waals surface area contributed by atoms with Gasteiger partial charge in [0.1, 0.15) is 0 Å². The largest absolute Gasteiger partial charge is 0.309 e. The first-order valence-electron chi connectivity index (χ1n) is 7.80. The molecule has 0 bridgehead atoms. The molecule has 0 saturated heterocycles. The van der Waals surface area contributed by atoms with Crippen molar-refractivity contribution in [1.82, 2.24) is 5.32 Å². The topological polar surface area (TPSA) is 12.0 Å². The summed E-state index contributed by atoms with van der Waals surface area (Å²) in [5.41, 5.74) is 0.411. The number of aryl methyl sites for hydroxylation is 1. The lowest BCUT2D eigenvalue weighted by Crippen LogP contribution is -2.31. The lowest BCUT2D eigenvalue weighted by Gasteiger charge is -2.27. The third kappa shape index (κ3) is 6.09. The normalized spacial score (nSPS) is 13.7. The summed E-state index contributed by atoms with van der Waals surface area (Å²) >= 11 is 1.95. The Morgan fingerprint density at radius 3 is 2.53 bits per heavy atom. The van der Waals surface area contributed by atoms with Gasteiger partial charge < -0.3 is 5.32 Å². The van der Waals surface area contributed by atoms with Gasteiger partial charge in [-0.2, -0.15) is 0 Å². The highest BCUT2D eigenvalue weighted by molar-refractivity contribution is 7.12. The van der Waals surface area contributed by atoms with Crippen molar-refractivity contribution in [2.75, 3.05) is 6.54 Å². The van der Waals surface area contributed by atoms with E-state index in [1.54, 1.807) is 0 Å². The molecule has 0 spiro atoms. The molecule has 0 aliphatic rings. The quantitative estimate of drug-likeness (QED) is 0.584. The summed E-state index contributed by atoms with van der Waals surface area (Å²) < 4.78 is 0. The summed E-state index contributed by atoms with van der Waals surface area (Å²) in [6.07, 6.45) is 6.52. The fourth-order valence-corrected chi connectivity index (χ4v) is 3.27. The first kappa shape index (κ1) is 16.7. The van der Waals surface area contributed by atoms with E-state index in [9.17, 15) is 0 Å². The average Bonchev–Trinajstić information content (AvgIpc) is 2.85. The predicted molar refractivity (Wildman–Crippen MR) is 88.0 cm³/mol. The van der Waals surface area contributed by atoms with E-state index < -0.39 is 0 Å². The molecule has 1 atom stereocenters. The second kappa shape index (κ2) is 8.06. The van der Waals surface area contributed by atoms with E-state index in [4.69, 9.17) is 0 Å². The molecule has 0 saturated carbocycles. The van der Waals surface area contributed by atoms with Gasteiger partial charge in [-0.1, -0.05) is 47.0 Å². The fourth-order valence-electron chi connectivity index (χ4n) is 2.29. The summed E-state index contributed by atoms with van der Waals surface area (Å²) in [4.78, 5) is 2.96. The second-order valence-electron chi connectivity index (χ2n) is 6.38. The molecule has 0 aliphatic carbocycles. The van der Waals surface area contributed by atoms with Crippen LogP contribution in [0.25, 0.3) is 0 Å². The smallest absolute Gasteiger partial charge is 0.0386 e. The summed E-state index contributed by atoms with van der Waals surface area (Å²) in [5.74, 6) is 0. The van der Waals surface area contributed by atoms with Crippen LogP contribution in [0.5, 0.6) is 0 Å². The number of unbranched alkanes of at least 4 members (excludes halogenated alkanes) is 2. The molecule has 1 rings (SSSR count). The van der Waals surface area contributed by atoms with Crippen LogP contribution in [-0.2, 0) is 6.42 Å². The van der Waals surface area contributed by atoms with E-state index in [0.29, 0.717) is 11.5 Å². The Morgan fingerprint density at radius 1 is 1.21 bits per heavy atom. The lowest BCUT2D eigenvalue weighted by atomic mass is 9.86. The zero-order chi connectivity index (χ0) is 14.3. The van der Waals surface area contributed by atoms with Gasteiger partial charge in [-0.15, -0.1) is 11.3 Å². The van der Waals surface area contributed by atoms with Crippen molar-refractivity contribution in [2.45, 2.75) is 72.8 Å². The Labute approximate surface area is 123 Å². The summed E-state index contributed by atoms with van der Waals surface area (Å²) in [5, 5.41) is 3.71. The lowest BCUT2D eigenvalue weighted by molar-refractivity contribution is 0.291. The van der Waals surface area contributed by atoms with Crippen molar-refractivity contribution in [2.24, 2.45) is 5.41 Å². The second-order valence-corrected chi connectivity index (χ2v) is 7.58. The standard InChI is InChI=1S/C17H31NS/c1-6-8-9-12-17(4,5)13-18-14(3)16-11-10-15(7-2)19-16/h10-11,14,18H,6-9,12-13H2,1-5H3. The van der Waals surface area contributed by atoms with Crippen LogP contribution in [0.2, 0.25) is 0 Å². The molecule has 1 heterocycles.